The summed E-state index contributed by atoms with van der Waals surface area (Å²) in [4.78, 5) is 55.1. The number of aliphatic carboxylic acids is 2. The summed E-state index contributed by atoms with van der Waals surface area (Å²) in [6.07, 6.45) is -7.85. The fourth-order valence-corrected chi connectivity index (χ4v) is 4.13. The standard InChI is InChI=1S/C19H29N5O2.2C2HF3O2/c1-4-23-14-19(11-17(23)25)13-22(12-16-7-5-6-8-20-16)9-10-24(15-19)18(26)21(2)3;2*3-2(4,5)1(6)7/h5-8H,4,9-15H2,1-3H3;2*(H,6,7). The van der Waals surface area contributed by atoms with Gasteiger partial charge in [0.05, 0.1) is 5.69 Å². The van der Waals surface area contributed by atoms with Crippen LogP contribution < -0.4 is 0 Å². The van der Waals surface area contributed by atoms with Gasteiger partial charge < -0.3 is 24.9 Å². The highest BCUT2D eigenvalue weighted by Gasteiger charge is 2.47. The van der Waals surface area contributed by atoms with E-state index >= 15 is 0 Å². The molecule has 3 rings (SSSR count). The lowest BCUT2D eigenvalue weighted by Crippen LogP contribution is -2.47. The normalized spacial score (nSPS) is 19.7. The van der Waals surface area contributed by atoms with Gasteiger partial charge in [-0.15, -0.1) is 0 Å². The van der Waals surface area contributed by atoms with Crippen molar-refractivity contribution >= 4 is 23.9 Å². The Kier molecular flexibility index (Phi) is 12.2. The van der Waals surface area contributed by atoms with E-state index in [0.29, 0.717) is 19.5 Å². The maximum atomic E-state index is 12.6. The van der Waals surface area contributed by atoms with Crippen LogP contribution in [0.5, 0.6) is 0 Å². The molecule has 3 heterocycles. The second-order valence-electron chi connectivity index (χ2n) is 9.32. The number of urea groups is 1. The summed E-state index contributed by atoms with van der Waals surface area (Å²) < 4.78 is 63.5. The number of pyridine rings is 1. The number of aromatic nitrogens is 1. The third-order valence-corrected chi connectivity index (χ3v) is 5.81. The highest BCUT2D eigenvalue weighted by atomic mass is 19.4. The van der Waals surface area contributed by atoms with E-state index in [1.165, 1.54) is 0 Å². The molecule has 1 aromatic rings. The van der Waals surface area contributed by atoms with Gasteiger partial charge >= 0.3 is 30.3 Å². The van der Waals surface area contributed by atoms with Crippen molar-refractivity contribution in [3.8, 4) is 0 Å². The van der Waals surface area contributed by atoms with Crippen LogP contribution in [-0.2, 0) is 20.9 Å². The number of amides is 3. The van der Waals surface area contributed by atoms with Gasteiger partial charge in [-0.05, 0) is 19.1 Å². The van der Waals surface area contributed by atoms with Crippen LogP contribution in [-0.4, -0.2) is 124 Å². The molecule has 40 heavy (non-hydrogen) atoms. The summed E-state index contributed by atoms with van der Waals surface area (Å²) in [6, 6.07) is 5.96. The van der Waals surface area contributed by atoms with Gasteiger partial charge in [-0.1, -0.05) is 6.07 Å². The second kappa shape index (κ2) is 14.1. The zero-order chi connectivity index (χ0) is 30.9. The predicted octanol–water partition coefficient (Wildman–Crippen LogP) is 2.39. The maximum absolute atomic E-state index is 12.6. The van der Waals surface area contributed by atoms with E-state index < -0.39 is 24.3 Å². The molecule has 226 valence electrons. The van der Waals surface area contributed by atoms with Gasteiger partial charge in [0.1, 0.15) is 0 Å². The third-order valence-electron chi connectivity index (χ3n) is 5.81. The molecule has 0 radical (unpaired) electrons. The first-order chi connectivity index (χ1) is 18.3. The zero-order valence-corrected chi connectivity index (χ0v) is 22.0. The number of hydrogen-bond acceptors (Lipinski definition) is 6. The monoisotopic (exact) mass is 587 g/mol. The minimum absolute atomic E-state index is 0.0199. The van der Waals surface area contributed by atoms with E-state index in [-0.39, 0.29) is 17.4 Å². The van der Waals surface area contributed by atoms with Crippen LogP contribution in [0, 0.1) is 5.41 Å². The summed E-state index contributed by atoms with van der Waals surface area (Å²) >= 11 is 0. The molecule has 1 atom stereocenters. The number of rotatable bonds is 3. The van der Waals surface area contributed by atoms with Crippen LogP contribution in [0.3, 0.4) is 0 Å². The third kappa shape index (κ3) is 10.9. The van der Waals surface area contributed by atoms with Gasteiger partial charge in [0.2, 0.25) is 5.91 Å². The van der Waals surface area contributed by atoms with Gasteiger partial charge in [0.15, 0.2) is 0 Å². The average molecular weight is 588 g/mol. The molecule has 1 aromatic heterocycles. The Balaban J connectivity index is 0.000000473. The average Bonchev–Trinajstić information content (AvgIpc) is 3.04. The molecule has 11 nitrogen and oxygen atoms in total. The quantitative estimate of drug-likeness (QED) is 0.515. The van der Waals surface area contributed by atoms with E-state index in [1.54, 1.807) is 19.0 Å². The van der Waals surface area contributed by atoms with E-state index in [1.807, 2.05) is 41.1 Å². The lowest BCUT2D eigenvalue weighted by molar-refractivity contribution is -0.193. The molecule has 3 amide bonds. The van der Waals surface area contributed by atoms with Crippen LogP contribution in [0.25, 0.3) is 0 Å². The smallest absolute Gasteiger partial charge is 0.475 e. The SMILES string of the molecule is CCN1CC2(CC1=O)CN(Cc1ccccn1)CCN(C(=O)N(C)C)C2.O=C(O)C(F)(F)F.O=C(O)C(F)(F)F. The predicted molar refractivity (Wildman–Crippen MR) is 127 cm³/mol. The van der Waals surface area contributed by atoms with Crippen LogP contribution in [0.2, 0.25) is 0 Å². The topological polar surface area (TPSA) is 135 Å². The van der Waals surface area contributed by atoms with Crippen molar-refractivity contribution < 1.29 is 55.7 Å². The van der Waals surface area contributed by atoms with E-state index in [4.69, 9.17) is 19.8 Å². The first-order valence-electron chi connectivity index (χ1n) is 11.8. The van der Waals surface area contributed by atoms with Crippen molar-refractivity contribution in [3.63, 3.8) is 0 Å². The molecule has 0 aliphatic carbocycles. The Bertz CT molecular complexity index is 1000. The van der Waals surface area contributed by atoms with Crippen LogP contribution in [0.15, 0.2) is 24.4 Å². The molecule has 2 fully saturated rings. The maximum Gasteiger partial charge on any atom is 0.490 e. The van der Waals surface area contributed by atoms with Crippen molar-refractivity contribution in [2.45, 2.75) is 32.2 Å². The molecule has 2 aliphatic heterocycles. The molecule has 1 spiro atoms. The fourth-order valence-electron chi connectivity index (χ4n) is 4.13. The summed E-state index contributed by atoms with van der Waals surface area (Å²) in [5.41, 5.74) is 0.816. The molecular weight excluding hydrogens is 556 g/mol. The number of halogens is 6. The minimum atomic E-state index is -5.08. The number of hydrogen-bond donors (Lipinski definition) is 2. The molecule has 17 heteroatoms. The first kappa shape index (κ1) is 34.4. The lowest BCUT2D eigenvalue weighted by Gasteiger charge is -2.34. The number of carbonyl (C=O) groups excluding carboxylic acids is 2. The Morgan fingerprint density at radius 2 is 1.52 bits per heavy atom. The second-order valence-corrected chi connectivity index (χ2v) is 9.32. The summed E-state index contributed by atoms with van der Waals surface area (Å²) in [7, 11) is 3.56. The molecule has 2 saturated heterocycles. The molecular formula is C23H31F6N5O6. The largest absolute Gasteiger partial charge is 0.490 e. The van der Waals surface area contributed by atoms with Crippen LogP contribution in [0.4, 0.5) is 31.1 Å². The van der Waals surface area contributed by atoms with Crippen LogP contribution >= 0.6 is 0 Å². The van der Waals surface area contributed by atoms with Crippen LogP contribution in [0.1, 0.15) is 19.0 Å². The van der Waals surface area contributed by atoms with Gasteiger partial charge in [0.25, 0.3) is 0 Å². The lowest BCUT2D eigenvalue weighted by atomic mass is 9.86. The number of nitrogens with zero attached hydrogens (tertiary/aromatic N) is 5. The molecule has 2 N–H and O–H groups in total. The van der Waals surface area contributed by atoms with Gasteiger partial charge in [-0.2, -0.15) is 26.3 Å². The first-order valence-corrected chi connectivity index (χ1v) is 11.8. The van der Waals surface area contributed by atoms with E-state index in [9.17, 15) is 35.9 Å². The number of carboxylic acids is 2. The molecule has 0 saturated carbocycles. The molecule has 1 unspecified atom stereocenters. The summed E-state index contributed by atoms with van der Waals surface area (Å²) in [5, 5.41) is 14.2. The number of carbonyl (C=O) groups is 4. The van der Waals surface area contributed by atoms with Crippen molar-refractivity contribution in [1.82, 2.24) is 24.6 Å². The van der Waals surface area contributed by atoms with Gasteiger partial charge in [-0.3, -0.25) is 14.7 Å². The number of carboxylic acid groups (broad SMARTS) is 2. The van der Waals surface area contributed by atoms with Crippen molar-refractivity contribution in [1.29, 1.82) is 0 Å². The van der Waals surface area contributed by atoms with E-state index in [0.717, 1.165) is 38.4 Å². The van der Waals surface area contributed by atoms with Gasteiger partial charge in [-0.25, -0.2) is 14.4 Å². The minimum Gasteiger partial charge on any atom is -0.475 e. The Labute approximate surface area is 225 Å². The van der Waals surface area contributed by atoms with Crippen molar-refractivity contribution in [2.24, 2.45) is 5.41 Å². The highest BCUT2D eigenvalue weighted by Crippen LogP contribution is 2.35. The Hall–Kier alpha value is -3.63. The van der Waals surface area contributed by atoms with E-state index in [2.05, 4.69) is 9.88 Å². The highest BCUT2D eigenvalue weighted by molar-refractivity contribution is 5.80. The molecule has 0 bridgehead atoms. The van der Waals surface area contributed by atoms with Crippen molar-refractivity contribution in [2.75, 3.05) is 53.4 Å². The zero-order valence-electron chi connectivity index (χ0n) is 22.0. The fraction of sp³-hybridized carbons (Fsp3) is 0.609. The van der Waals surface area contributed by atoms with Gasteiger partial charge in [0, 0.05) is 77.9 Å². The number of alkyl halides is 6. The molecule has 2 aliphatic rings. The number of likely N-dealkylation sites (tertiary alicyclic amines) is 1. The summed E-state index contributed by atoms with van der Waals surface area (Å²) in [5.74, 6) is -5.32. The Morgan fingerprint density at radius 1 is 0.975 bits per heavy atom. The molecule has 0 aromatic carbocycles. The Morgan fingerprint density at radius 3 is 1.93 bits per heavy atom. The summed E-state index contributed by atoms with van der Waals surface area (Å²) in [6.45, 7) is 7.10. The van der Waals surface area contributed by atoms with Crippen molar-refractivity contribution in [3.05, 3.63) is 30.1 Å².